The van der Waals surface area contributed by atoms with Crippen LogP contribution in [0.1, 0.15) is 53.9 Å². The van der Waals surface area contributed by atoms with E-state index < -0.39 is 36.2 Å². The zero-order valence-corrected chi connectivity index (χ0v) is 19.5. The van der Waals surface area contributed by atoms with E-state index in [0.717, 1.165) is 0 Å². The minimum absolute atomic E-state index is 0.175. The van der Waals surface area contributed by atoms with Gasteiger partial charge in [-0.05, 0) is 46.0 Å². The SMILES string of the molecule is CC(C)CC(NC(=O)OC(C)(C)C)C(=O)N1CCC(C(=O)NCC(=O)NCC(=O)O)CC1. The van der Waals surface area contributed by atoms with Crippen LogP contribution >= 0.6 is 0 Å². The maximum Gasteiger partial charge on any atom is 0.408 e. The lowest BCUT2D eigenvalue weighted by molar-refractivity contribution is -0.138. The van der Waals surface area contributed by atoms with Crippen LogP contribution in [-0.4, -0.2) is 77.6 Å². The Morgan fingerprint density at radius 3 is 2.12 bits per heavy atom. The van der Waals surface area contributed by atoms with Crippen LogP contribution in [0.5, 0.6) is 0 Å². The minimum Gasteiger partial charge on any atom is -0.480 e. The van der Waals surface area contributed by atoms with E-state index in [1.807, 2.05) is 13.8 Å². The Labute approximate surface area is 188 Å². The summed E-state index contributed by atoms with van der Waals surface area (Å²) in [6, 6.07) is -0.715. The molecule has 182 valence electrons. The Balaban J connectivity index is 2.56. The first-order valence-electron chi connectivity index (χ1n) is 10.8. The molecule has 1 heterocycles. The first-order chi connectivity index (χ1) is 14.8. The van der Waals surface area contributed by atoms with Gasteiger partial charge >= 0.3 is 12.1 Å². The van der Waals surface area contributed by atoms with Crippen LogP contribution in [0.4, 0.5) is 4.79 Å². The number of carboxylic acids is 1. The average Bonchev–Trinajstić information content (AvgIpc) is 2.67. The van der Waals surface area contributed by atoms with Crippen molar-refractivity contribution in [3.63, 3.8) is 0 Å². The number of nitrogens with one attached hydrogen (secondary N) is 3. The second-order valence-electron chi connectivity index (χ2n) is 9.32. The Kier molecular flexibility index (Phi) is 10.4. The van der Waals surface area contributed by atoms with E-state index in [4.69, 9.17) is 9.84 Å². The standard InChI is InChI=1S/C21H36N4O7/c1-13(2)10-15(24-20(31)32-21(3,4)5)19(30)25-8-6-14(7-9-25)18(29)23-11-16(26)22-12-17(27)28/h13-15H,6-12H2,1-5H3,(H,22,26)(H,23,29)(H,24,31)(H,27,28). The highest BCUT2D eigenvalue weighted by molar-refractivity contribution is 5.88. The van der Waals surface area contributed by atoms with Crippen LogP contribution in [0.3, 0.4) is 0 Å². The maximum atomic E-state index is 13.0. The molecular formula is C21H36N4O7. The minimum atomic E-state index is -1.17. The predicted octanol–water partition coefficient (Wildman–Crippen LogP) is 0.481. The van der Waals surface area contributed by atoms with Crippen molar-refractivity contribution in [2.45, 2.75) is 65.5 Å². The van der Waals surface area contributed by atoms with Gasteiger partial charge in [-0.15, -0.1) is 0 Å². The molecule has 0 radical (unpaired) electrons. The molecule has 0 bridgehead atoms. The number of alkyl carbamates (subject to hydrolysis) is 1. The molecule has 0 aromatic rings. The Morgan fingerprint density at radius 2 is 1.62 bits per heavy atom. The van der Waals surface area contributed by atoms with E-state index in [-0.39, 0.29) is 30.2 Å². The van der Waals surface area contributed by atoms with Gasteiger partial charge in [0.2, 0.25) is 17.7 Å². The van der Waals surface area contributed by atoms with Crippen molar-refractivity contribution in [2.24, 2.45) is 11.8 Å². The molecule has 0 aromatic heterocycles. The molecular weight excluding hydrogens is 420 g/mol. The van der Waals surface area contributed by atoms with Gasteiger partial charge in [-0.3, -0.25) is 19.2 Å². The number of piperidine rings is 1. The number of likely N-dealkylation sites (tertiary alicyclic amines) is 1. The second-order valence-corrected chi connectivity index (χ2v) is 9.32. The number of carbonyl (C=O) groups excluding carboxylic acids is 4. The fourth-order valence-electron chi connectivity index (χ4n) is 3.27. The number of amides is 4. The third-order valence-electron chi connectivity index (χ3n) is 4.73. The third kappa shape index (κ3) is 10.5. The first kappa shape index (κ1) is 27.2. The van der Waals surface area contributed by atoms with Crippen LogP contribution in [-0.2, 0) is 23.9 Å². The normalized spacial score (nSPS) is 15.6. The largest absolute Gasteiger partial charge is 0.480 e. The summed E-state index contributed by atoms with van der Waals surface area (Å²) in [6.45, 7) is 9.05. The van der Waals surface area contributed by atoms with Gasteiger partial charge in [-0.25, -0.2) is 4.79 Å². The topological polar surface area (TPSA) is 154 Å². The molecule has 0 aliphatic carbocycles. The summed E-state index contributed by atoms with van der Waals surface area (Å²) in [7, 11) is 0. The average molecular weight is 457 g/mol. The van der Waals surface area contributed by atoms with Gasteiger partial charge in [0, 0.05) is 19.0 Å². The highest BCUT2D eigenvalue weighted by Crippen LogP contribution is 2.19. The number of rotatable bonds is 9. The van der Waals surface area contributed by atoms with Crippen molar-refractivity contribution in [3.05, 3.63) is 0 Å². The van der Waals surface area contributed by atoms with Gasteiger partial charge in [0.15, 0.2) is 0 Å². The number of carboxylic acid groups (broad SMARTS) is 1. The monoisotopic (exact) mass is 456 g/mol. The number of ether oxygens (including phenoxy) is 1. The predicted molar refractivity (Wildman–Crippen MR) is 116 cm³/mol. The smallest absolute Gasteiger partial charge is 0.408 e. The highest BCUT2D eigenvalue weighted by Gasteiger charge is 2.32. The van der Waals surface area contributed by atoms with Crippen molar-refractivity contribution in [3.8, 4) is 0 Å². The van der Waals surface area contributed by atoms with E-state index in [2.05, 4.69) is 16.0 Å². The van der Waals surface area contributed by atoms with E-state index >= 15 is 0 Å². The van der Waals surface area contributed by atoms with Crippen LogP contribution in [0, 0.1) is 11.8 Å². The molecule has 0 saturated carbocycles. The third-order valence-corrected chi connectivity index (χ3v) is 4.73. The van der Waals surface area contributed by atoms with Gasteiger partial charge < -0.3 is 30.7 Å². The maximum absolute atomic E-state index is 13.0. The number of aliphatic carboxylic acids is 1. The van der Waals surface area contributed by atoms with Crippen LogP contribution < -0.4 is 16.0 Å². The van der Waals surface area contributed by atoms with Gasteiger partial charge in [0.05, 0.1) is 6.54 Å². The zero-order valence-electron chi connectivity index (χ0n) is 19.5. The number of hydrogen-bond donors (Lipinski definition) is 4. The fraction of sp³-hybridized carbons (Fsp3) is 0.762. The van der Waals surface area contributed by atoms with Gasteiger partial charge in [0.25, 0.3) is 0 Å². The molecule has 11 nitrogen and oxygen atoms in total. The van der Waals surface area contributed by atoms with E-state index in [1.54, 1.807) is 25.7 Å². The summed E-state index contributed by atoms with van der Waals surface area (Å²) >= 11 is 0. The molecule has 32 heavy (non-hydrogen) atoms. The second kappa shape index (κ2) is 12.3. The van der Waals surface area contributed by atoms with Crippen molar-refractivity contribution in [1.82, 2.24) is 20.9 Å². The van der Waals surface area contributed by atoms with Crippen LogP contribution in [0.15, 0.2) is 0 Å². The number of hydrogen-bond acceptors (Lipinski definition) is 6. The summed E-state index contributed by atoms with van der Waals surface area (Å²) in [5, 5.41) is 15.9. The van der Waals surface area contributed by atoms with Crippen molar-refractivity contribution >= 4 is 29.8 Å². The Bertz CT molecular complexity index is 695. The quantitative estimate of drug-likeness (QED) is 0.393. The Hall–Kier alpha value is -2.85. The molecule has 1 rings (SSSR count). The molecule has 1 atom stereocenters. The van der Waals surface area contributed by atoms with Crippen LogP contribution in [0.2, 0.25) is 0 Å². The molecule has 0 spiro atoms. The molecule has 1 saturated heterocycles. The number of nitrogens with zero attached hydrogens (tertiary/aromatic N) is 1. The zero-order chi connectivity index (χ0) is 24.5. The lowest BCUT2D eigenvalue weighted by Gasteiger charge is -2.34. The lowest BCUT2D eigenvalue weighted by atomic mass is 9.94. The molecule has 1 aliphatic heterocycles. The Morgan fingerprint density at radius 1 is 1.03 bits per heavy atom. The van der Waals surface area contributed by atoms with E-state index in [0.29, 0.717) is 32.4 Å². The molecule has 0 aromatic carbocycles. The first-order valence-corrected chi connectivity index (χ1v) is 10.8. The lowest BCUT2D eigenvalue weighted by Crippen LogP contribution is -2.53. The summed E-state index contributed by atoms with van der Waals surface area (Å²) in [4.78, 5) is 61.1. The van der Waals surface area contributed by atoms with E-state index in [9.17, 15) is 24.0 Å². The summed E-state index contributed by atoms with van der Waals surface area (Å²) < 4.78 is 5.27. The van der Waals surface area contributed by atoms with Gasteiger partial charge in [-0.1, -0.05) is 13.8 Å². The fourth-order valence-corrected chi connectivity index (χ4v) is 3.27. The molecule has 11 heteroatoms. The van der Waals surface area contributed by atoms with Crippen molar-refractivity contribution in [1.29, 1.82) is 0 Å². The van der Waals surface area contributed by atoms with Crippen LogP contribution in [0.25, 0.3) is 0 Å². The molecule has 4 amide bonds. The molecule has 1 fully saturated rings. The van der Waals surface area contributed by atoms with Gasteiger partial charge in [0.1, 0.15) is 18.2 Å². The van der Waals surface area contributed by atoms with E-state index in [1.165, 1.54) is 0 Å². The highest BCUT2D eigenvalue weighted by atomic mass is 16.6. The summed E-state index contributed by atoms with van der Waals surface area (Å²) in [6.07, 6.45) is 0.667. The summed E-state index contributed by atoms with van der Waals surface area (Å²) in [5.41, 5.74) is -0.675. The number of carbonyl (C=O) groups is 5. The molecule has 1 unspecified atom stereocenters. The summed E-state index contributed by atoms with van der Waals surface area (Å²) in [5.74, 6) is -2.45. The van der Waals surface area contributed by atoms with Crippen molar-refractivity contribution < 1.29 is 33.8 Å². The van der Waals surface area contributed by atoms with Gasteiger partial charge in [-0.2, -0.15) is 0 Å². The molecule has 1 aliphatic rings. The molecule has 4 N–H and O–H groups in total. The van der Waals surface area contributed by atoms with Crippen molar-refractivity contribution in [2.75, 3.05) is 26.2 Å².